The maximum Gasteiger partial charge on any atom is 0.243 e. The average Bonchev–Trinajstić information content (AvgIpc) is 3.17. The highest BCUT2D eigenvalue weighted by Crippen LogP contribution is 2.23. The largest absolute Gasteiger partial charge is 0.359 e. The number of piperazine rings is 1. The second-order valence-corrected chi connectivity index (χ2v) is 9.40. The van der Waals surface area contributed by atoms with E-state index in [9.17, 15) is 8.42 Å². The predicted molar refractivity (Wildman–Crippen MR) is 112 cm³/mol. The van der Waals surface area contributed by atoms with E-state index < -0.39 is 10.0 Å². The summed E-state index contributed by atoms with van der Waals surface area (Å²) in [5, 5.41) is 4.15. The monoisotopic (exact) mass is 411 g/mol. The van der Waals surface area contributed by atoms with Crippen molar-refractivity contribution in [3.8, 4) is 11.3 Å². The van der Waals surface area contributed by atoms with Gasteiger partial charge in [0.05, 0.1) is 11.4 Å². The van der Waals surface area contributed by atoms with E-state index in [-0.39, 0.29) is 0 Å². The molecule has 0 saturated carbocycles. The molecule has 0 amide bonds. The molecule has 0 radical (unpaired) electrons. The van der Waals surface area contributed by atoms with E-state index >= 15 is 0 Å². The summed E-state index contributed by atoms with van der Waals surface area (Å²) in [5.41, 5.74) is 3.69. The second-order valence-electron chi connectivity index (χ2n) is 7.49. The molecule has 1 aliphatic heterocycles. The molecule has 2 aromatic carbocycles. The van der Waals surface area contributed by atoms with Gasteiger partial charge in [0.1, 0.15) is 5.69 Å². The van der Waals surface area contributed by atoms with Gasteiger partial charge >= 0.3 is 0 Å². The fourth-order valence-electron chi connectivity index (χ4n) is 3.71. The molecule has 4 rings (SSSR count). The third kappa shape index (κ3) is 4.27. The molecule has 0 N–H and O–H groups in total. The number of hydrogen-bond donors (Lipinski definition) is 0. The van der Waals surface area contributed by atoms with Crippen LogP contribution in [0.2, 0.25) is 0 Å². The molecule has 1 aromatic heterocycles. The number of hydrogen-bond acceptors (Lipinski definition) is 5. The molecule has 0 aliphatic carbocycles. The molecule has 152 valence electrons. The minimum Gasteiger partial charge on any atom is -0.359 e. The smallest absolute Gasteiger partial charge is 0.243 e. The van der Waals surface area contributed by atoms with Crippen LogP contribution in [0.15, 0.2) is 64.0 Å². The van der Waals surface area contributed by atoms with Crippen molar-refractivity contribution in [3.63, 3.8) is 0 Å². The third-order valence-corrected chi connectivity index (χ3v) is 7.35. The molecule has 0 bridgehead atoms. The van der Waals surface area contributed by atoms with E-state index in [0.717, 1.165) is 28.1 Å². The number of aromatic nitrogens is 1. The Morgan fingerprint density at radius 3 is 2.38 bits per heavy atom. The van der Waals surface area contributed by atoms with Crippen LogP contribution in [0, 0.1) is 13.8 Å². The van der Waals surface area contributed by atoms with Crippen molar-refractivity contribution in [2.45, 2.75) is 25.3 Å². The standard InChI is InChI=1S/C22H25N3O3S/c1-17-8-9-22(18(2)14-17)29(26,27)25-12-10-24(11-13-25)16-20-15-21(23-28-20)19-6-4-3-5-7-19/h3-9,14-15H,10-13,16H2,1-2H3. The molecule has 1 saturated heterocycles. The van der Waals surface area contributed by atoms with Gasteiger partial charge in [0.15, 0.2) is 5.76 Å². The Labute approximate surface area is 171 Å². The first-order chi connectivity index (χ1) is 13.9. The van der Waals surface area contributed by atoms with Crippen molar-refractivity contribution in [2.75, 3.05) is 26.2 Å². The number of rotatable bonds is 5. The molecule has 1 aliphatic rings. The number of benzene rings is 2. The van der Waals surface area contributed by atoms with Crippen molar-refractivity contribution in [2.24, 2.45) is 0 Å². The summed E-state index contributed by atoms with van der Waals surface area (Å²) in [6.07, 6.45) is 0. The molecule has 2 heterocycles. The minimum atomic E-state index is -3.47. The Balaban J connectivity index is 1.39. The number of nitrogens with zero attached hydrogens (tertiary/aromatic N) is 3. The van der Waals surface area contributed by atoms with E-state index in [1.807, 2.05) is 62.4 Å². The van der Waals surface area contributed by atoms with Gasteiger partial charge in [-0.3, -0.25) is 4.90 Å². The van der Waals surface area contributed by atoms with Crippen LogP contribution in [0.25, 0.3) is 11.3 Å². The van der Waals surface area contributed by atoms with E-state index in [1.165, 1.54) is 0 Å². The summed E-state index contributed by atoms with van der Waals surface area (Å²) < 4.78 is 33.1. The van der Waals surface area contributed by atoms with E-state index in [4.69, 9.17) is 4.52 Å². The van der Waals surface area contributed by atoms with Crippen LogP contribution in [-0.2, 0) is 16.6 Å². The Morgan fingerprint density at radius 1 is 0.966 bits per heavy atom. The Bertz CT molecular complexity index is 1090. The lowest BCUT2D eigenvalue weighted by atomic mass is 10.1. The van der Waals surface area contributed by atoms with Crippen molar-refractivity contribution in [3.05, 3.63) is 71.5 Å². The molecule has 29 heavy (non-hydrogen) atoms. The first-order valence-electron chi connectivity index (χ1n) is 9.74. The van der Waals surface area contributed by atoms with Gasteiger partial charge in [-0.1, -0.05) is 53.2 Å². The number of sulfonamides is 1. The third-order valence-electron chi connectivity index (χ3n) is 5.29. The van der Waals surface area contributed by atoms with E-state index in [1.54, 1.807) is 10.4 Å². The highest BCUT2D eigenvalue weighted by Gasteiger charge is 2.29. The zero-order chi connectivity index (χ0) is 20.4. The summed E-state index contributed by atoms with van der Waals surface area (Å²) in [6.45, 7) is 6.69. The molecule has 0 unspecified atom stereocenters. The molecule has 0 spiro atoms. The van der Waals surface area contributed by atoms with Gasteiger partial charge in [0.25, 0.3) is 0 Å². The first-order valence-corrected chi connectivity index (χ1v) is 11.2. The van der Waals surface area contributed by atoms with Gasteiger partial charge in [0.2, 0.25) is 10.0 Å². The minimum absolute atomic E-state index is 0.402. The molecule has 7 heteroatoms. The fraction of sp³-hybridized carbons (Fsp3) is 0.318. The predicted octanol–water partition coefficient (Wildman–Crippen LogP) is 3.46. The average molecular weight is 412 g/mol. The molecular weight excluding hydrogens is 386 g/mol. The lowest BCUT2D eigenvalue weighted by molar-refractivity contribution is 0.166. The van der Waals surface area contributed by atoms with Gasteiger partial charge in [-0.2, -0.15) is 4.31 Å². The van der Waals surface area contributed by atoms with Crippen LogP contribution in [0.1, 0.15) is 16.9 Å². The van der Waals surface area contributed by atoms with Gasteiger partial charge in [-0.15, -0.1) is 0 Å². The fourth-order valence-corrected chi connectivity index (χ4v) is 5.34. The SMILES string of the molecule is Cc1ccc(S(=O)(=O)N2CCN(Cc3cc(-c4ccccc4)no3)CC2)c(C)c1. The Hall–Kier alpha value is -2.48. The van der Waals surface area contributed by atoms with Crippen molar-refractivity contribution >= 4 is 10.0 Å². The van der Waals surface area contributed by atoms with Crippen molar-refractivity contribution < 1.29 is 12.9 Å². The topological polar surface area (TPSA) is 66.7 Å². The van der Waals surface area contributed by atoms with Crippen LogP contribution in [0.5, 0.6) is 0 Å². The van der Waals surface area contributed by atoms with Gasteiger partial charge in [-0.25, -0.2) is 8.42 Å². The highest BCUT2D eigenvalue weighted by molar-refractivity contribution is 7.89. The Morgan fingerprint density at radius 2 is 1.69 bits per heavy atom. The van der Waals surface area contributed by atoms with Crippen LogP contribution in [-0.4, -0.2) is 49.0 Å². The lowest BCUT2D eigenvalue weighted by Crippen LogP contribution is -2.48. The van der Waals surface area contributed by atoms with Crippen LogP contribution in [0.3, 0.4) is 0 Å². The van der Waals surface area contributed by atoms with Crippen LogP contribution < -0.4 is 0 Å². The maximum atomic E-state index is 13.0. The van der Waals surface area contributed by atoms with Crippen LogP contribution >= 0.6 is 0 Å². The van der Waals surface area contributed by atoms with Crippen LogP contribution in [0.4, 0.5) is 0 Å². The van der Waals surface area contributed by atoms with Gasteiger partial charge in [-0.05, 0) is 25.5 Å². The van der Waals surface area contributed by atoms with E-state index in [0.29, 0.717) is 37.6 Å². The molecule has 1 fully saturated rings. The van der Waals surface area contributed by atoms with Crippen molar-refractivity contribution in [1.82, 2.24) is 14.4 Å². The van der Waals surface area contributed by atoms with Gasteiger partial charge < -0.3 is 4.52 Å². The molecular formula is C22H25N3O3S. The van der Waals surface area contributed by atoms with E-state index in [2.05, 4.69) is 10.1 Å². The van der Waals surface area contributed by atoms with Gasteiger partial charge in [0, 0.05) is 37.8 Å². The molecule has 6 nitrogen and oxygen atoms in total. The van der Waals surface area contributed by atoms with Crippen molar-refractivity contribution in [1.29, 1.82) is 0 Å². The normalized spacial score (nSPS) is 16.2. The summed E-state index contributed by atoms with van der Waals surface area (Å²) in [6, 6.07) is 17.3. The lowest BCUT2D eigenvalue weighted by Gasteiger charge is -2.33. The Kier molecular flexibility index (Phi) is 5.54. The summed E-state index contributed by atoms with van der Waals surface area (Å²) in [7, 11) is -3.47. The first kappa shape index (κ1) is 19.8. The maximum absolute atomic E-state index is 13.0. The zero-order valence-corrected chi connectivity index (χ0v) is 17.5. The zero-order valence-electron chi connectivity index (χ0n) is 16.7. The number of aryl methyl sites for hydroxylation is 2. The summed E-state index contributed by atoms with van der Waals surface area (Å²) in [4.78, 5) is 2.60. The molecule has 0 atom stereocenters. The second kappa shape index (κ2) is 8.10. The quantitative estimate of drug-likeness (QED) is 0.643. The highest BCUT2D eigenvalue weighted by atomic mass is 32.2. The summed E-state index contributed by atoms with van der Waals surface area (Å²) >= 11 is 0. The molecule has 3 aromatic rings. The summed E-state index contributed by atoms with van der Waals surface area (Å²) in [5.74, 6) is 0.787.